The fraction of sp³-hybridized carbons (Fsp3) is 0.412. The lowest BCUT2D eigenvalue weighted by Gasteiger charge is -2.28. The Hall–Kier alpha value is -2.81. The molecule has 0 unspecified atom stereocenters. The number of carbonyl (C=O) groups is 1. The zero-order valence-corrected chi connectivity index (χ0v) is 27.4. The second-order valence-electron chi connectivity index (χ2n) is 11.2. The summed E-state index contributed by atoms with van der Waals surface area (Å²) in [5, 5.41) is 4.94. The minimum absolute atomic E-state index is 0.0643. The second kappa shape index (κ2) is 15.5. The number of ether oxygens (including phenoxy) is 3. The van der Waals surface area contributed by atoms with Crippen molar-refractivity contribution >= 4 is 46.3 Å². The van der Waals surface area contributed by atoms with Gasteiger partial charge in [-0.25, -0.2) is 0 Å². The number of benzene rings is 2. The molecule has 2 heterocycles. The molecule has 234 valence electrons. The Labute approximate surface area is 274 Å². The van der Waals surface area contributed by atoms with Crippen LogP contribution in [0.25, 0.3) is 5.57 Å². The molecule has 10 heteroatoms. The van der Waals surface area contributed by atoms with Crippen molar-refractivity contribution in [2.75, 3.05) is 40.0 Å². The summed E-state index contributed by atoms with van der Waals surface area (Å²) in [6.45, 7) is 5.05. The maximum Gasteiger partial charge on any atom is 0.251 e. The van der Waals surface area contributed by atoms with Crippen molar-refractivity contribution in [1.82, 2.24) is 15.2 Å². The molecular weight excluding hydrogens is 621 g/mol. The Balaban J connectivity index is 1.25. The van der Waals surface area contributed by atoms with Crippen LogP contribution in [0.15, 0.2) is 54.2 Å². The van der Waals surface area contributed by atoms with E-state index < -0.39 is 0 Å². The van der Waals surface area contributed by atoms with Gasteiger partial charge in [0.15, 0.2) is 5.75 Å². The molecular formula is C34H38Cl3N3O4. The van der Waals surface area contributed by atoms with Crippen molar-refractivity contribution in [3.05, 3.63) is 91.7 Å². The number of pyridine rings is 1. The molecule has 0 radical (unpaired) electrons. The highest BCUT2D eigenvalue weighted by Crippen LogP contribution is 2.35. The summed E-state index contributed by atoms with van der Waals surface area (Å²) in [6, 6.07) is 13.8. The van der Waals surface area contributed by atoms with Crippen LogP contribution in [-0.4, -0.2) is 61.9 Å². The Bertz CT molecular complexity index is 1470. The van der Waals surface area contributed by atoms with E-state index in [-0.39, 0.29) is 11.9 Å². The average Bonchev–Trinajstić information content (AvgIpc) is 3.86. The monoisotopic (exact) mass is 657 g/mol. The average molecular weight is 659 g/mol. The van der Waals surface area contributed by atoms with Gasteiger partial charge in [-0.1, -0.05) is 46.9 Å². The van der Waals surface area contributed by atoms with Gasteiger partial charge < -0.3 is 24.4 Å². The second-order valence-corrected chi connectivity index (χ2v) is 12.4. The fourth-order valence-corrected chi connectivity index (χ4v) is 6.25. The molecule has 0 spiro atoms. The minimum atomic E-state index is 0.0643. The number of aryl methyl sites for hydroxylation is 2. The topological polar surface area (TPSA) is 72.9 Å². The first-order valence-corrected chi connectivity index (χ1v) is 16.1. The van der Waals surface area contributed by atoms with Gasteiger partial charge in [-0.3, -0.25) is 9.78 Å². The van der Waals surface area contributed by atoms with E-state index in [9.17, 15) is 4.79 Å². The number of nitrogens with one attached hydrogen (secondary N) is 1. The normalized spacial score (nSPS) is 14.9. The third-order valence-corrected chi connectivity index (χ3v) is 8.68. The number of methoxy groups -OCH3 is 1. The third-order valence-electron chi connectivity index (χ3n) is 7.78. The molecule has 2 aromatic carbocycles. The fourth-order valence-electron chi connectivity index (χ4n) is 5.38. The van der Waals surface area contributed by atoms with E-state index in [1.807, 2.05) is 54.3 Å². The number of carbonyl (C=O) groups excluding carboxylic acids is 1. The lowest BCUT2D eigenvalue weighted by Crippen LogP contribution is -2.39. The highest BCUT2D eigenvalue weighted by molar-refractivity contribution is 6.37. The molecule has 1 aromatic heterocycles. The molecule has 0 bridgehead atoms. The van der Waals surface area contributed by atoms with Gasteiger partial charge in [0.2, 0.25) is 0 Å². The van der Waals surface area contributed by atoms with Gasteiger partial charge in [-0.15, -0.1) is 0 Å². The van der Waals surface area contributed by atoms with Gasteiger partial charge in [-0.05, 0) is 98.2 Å². The van der Waals surface area contributed by atoms with E-state index in [0.717, 1.165) is 72.2 Å². The quantitative estimate of drug-likeness (QED) is 0.183. The molecule has 1 amide bonds. The first-order chi connectivity index (χ1) is 21.3. The zero-order valence-electron chi connectivity index (χ0n) is 25.1. The number of halogens is 3. The van der Waals surface area contributed by atoms with Crippen LogP contribution in [-0.2, 0) is 22.5 Å². The van der Waals surface area contributed by atoms with Crippen molar-refractivity contribution < 1.29 is 19.0 Å². The van der Waals surface area contributed by atoms with Crippen LogP contribution in [0.1, 0.15) is 48.1 Å². The molecule has 1 N–H and O–H groups in total. The molecule has 7 nitrogen and oxygen atoms in total. The van der Waals surface area contributed by atoms with Crippen LogP contribution in [0.3, 0.4) is 0 Å². The summed E-state index contributed by atoms with van der Waals surface area (Å²) in [4.78, 5) is 20.6. The van der Waals surface area contributed by atoms with Gasteiger partial charge in [0.1, 0.15) is 19.0 Å². The van der Waals surface area contributed by atoms with E-state index in [1.165, 1.54) is 0 Å². The first kappa shape index (κ1) is 32.6. The molecule has 1 aliphatic heterocycles. The number of hydrogen-bond acceptors (Lipinski definition) is 6. The standard InChI is InChI=1S/C34H38Cl3N3O4/c1-22-16-30(35)33(31(36)17-22)44-15-14-43-27-9-5-23(6-10-27)28-11-12-38-19-29(28)34(41)40(26-7-8-26)21-24-18-25(4-3-13-42-2)39-20-32(24)37/h5-6,9-10,16-18,20,26,38H,3-4,7-8,11-15,19,21H2,1-2H3. The predicted molar refractivity (Wildman–Crippen MR) is 176 cm³/mol. The Kier molecular flexibility index (Phi) is 11.4. The molecule has 1 saturated carbocycles. The van der Waals surface area contributed by atoms with Gasteiger partial charge in [0.25, 0.3) is 5.91 Å². The van der Waals surface area contributed by atoms with Crippen LogP contribution in [0.5, 0.6) is 11.5 Å². The summed E-state index contributed by atoms with van der Waals surface area (Å²) in [5.74, 6) is 1.24. The predicted octanol–water partition coefficient (Wildman–Crippen LogP) is 7.33. The number of amides is 1. The van der Waals surface area contributed by atoms with Crippen molar-refractivity contribution in [3.63, 3.8) is 0 Å². The van der Waals surface area contributed by atoms with Crippen molar-refractivity contribution in [2.45, 2.75) is 51.6 Å². The van der Waals surface area contributed by atoms with E-state index >= 15 is 0 Å². The number of aromatic nitrogens is 1. The van der Waals surface area contributed by atoms with Crippen molar-refractivity contribution in [3.8, 4) is 11.5 Å². The van der Waals surface area contributed by atoms with E-state index in [2.05, 4.69) is 10.3 Å². The third kappa shape index (κ3) is 8.46. The Morgan fingerprint density at radius 1 is 1.00 bits per heavy atom. The summed E-state index contributed by atoms with van der Waals surface area (Å²) in [7, 11) is 1.70. The van der Waals surface area contributed by atoms with Gasteiger partial charge in [0.05, 0.1) is 15.1 Å². The lowest BCUT2D eigenvalue weighted by molar-refractivity contribution is -0.128. The summed E-state index contributed by atoms with van der Waals surface area (Å²) in [5.41, 5.74) is 5.76. The highest BCUT2D eigenvalue weighted by atomic mass is 35.5. The van der Waals surface area contributed by atoms with Crippen LogP contribution in [0.2, 0.25) is 15.1 Å². The molecule has 2 aliphatic rings. The summed E-state index contributed by atoms with van der Waals surface area (Å²) in [6.07, 6.45) is 6.16. The van der Waals surface area contributed by atoms with Gasteiger partial charge in [-0.2, -0.15) is 0 Å². The van der Waals surface area contributed by atoms with Crippen molar-refractivity contribution in [2.24, 2.45) is 0 Å². The maximum absolute atomic E-state index is 14.1. The molecule has 1 aliphatic carbocycles. The SMILES string of the molecule is COCCCc1cc(CN(C(=O)C2=C(c3ccc(OCCOc4c(Cl)cc(C)cc4Cl)cc3)CCNC2)C2CC2)c(Cl)cn1. The Morgan fingerprint density at radius 2 is 1.73 bits per heavy atom. The van der Waals surface area contributed by atoms with Crippen LogP contribution in [0.4, 0.5) is 0 Å². The van der Waals surface area contributed by atoms with E-state index in [4.69, 9.17) is 49.0 Å². The summed E-state index contributed by atoms with van der Waals surface area (Å²) < 4.78 is 16.9. The first-order valence-electron chi connectivity index (χ1n) is 15.0. The number of hydrogen-bond donors (Lipinski definition) is 1. The summed E-state index contributed by atoms with van der Waals surface area (Å²) >= 11 is 19.1. The number of nitrogens with zero attached hydrogens (tertiary/aromatic N) is 2. The maximum atomic E-state index is 14.1. The van der Waals surface area contributed by atoms with Crippen molar-refractivity contribution in [1.29, 1.82) is 0 Å². The van der Waals surface area contributed by atoms with E-state index in [0.29, 0.717) is 59.5 Å². The molecule has 1 fully saturated rings. The largest absolute Gasteiger partial charge is 0.490 e. The van der Waals surface area contributed by atoms with Gasteiger partial charge in [0, 0.05) is 50.3 Å². The van der Waals surface area contributed by atoms with E-state index in [1.54, 1.807) is 13.3 Å². The molecule has 5 rings (SSSR count). The molecule has 44 heavy (non-hydrogen) atoms. The lowest BCUT2D eigenvalue weighted by atomic mass is 9.93. The minimum Gasteiger partial charge on any atom is -0.490 e. The van der Waals surface area contributed by atoms with Crippen LogP contribution >= 0.6 is 34.8 Å². The Morgan fingerprint density at radius 3 is 2.43 bits per heavy atom. The number of rotatable bonds is 14. The highest BCUT2D eigenvalue weighted by Gasteiger charge is 2.35. The smallest absolute Gasteiger partial charge is 0.251 e. The zero-order chi connectivity index (χ0) is 31.1. The molecule has 0 saturated heterocycles. The van der Waals surface area contributed by atoms with Gasteiger partial charge >= 0.3 is 0 Å². The molecule has 0 atom stereocenters. The molecule has 3 aromatic rings. The van der Waals surface area contributed by atoms with Crippen LogP contribution < -0.4 is 14.8 Å². The van der Waals surface area contributed by atoms with Crippen LogP contribution in [0, 0.1) is 6.92 Å².